The van der Waals surface area contributed by atoms with Crippen molar-refractivity contribution in [2.45, 2.75) is 52.5 Å². The highest BCUT2D eigenvalue weighted by atomic mass is 16.1. The van der Waals surface area contributed by atoms with E-state index in [0.29, 0.717) is 24.3 Å². The zero-order valence-corrected chi connectivity index (χ0v) is 10.9. The van der Waals surface area contributed by atoms with Gasteiger partial charge in [-0.25, -0.2) is 0 Å². The van der Waals surface area contributed by atoms with Gasteiger partial charge >= 0.3 is 0 Å². The third kappa shape index (κ3) is 4.12. The van der Waals surface area contributed by atoms with E-state index in [2.05, 4.69) is 31.4 Å². The minimum atomic E-state index is 0.231. The Kier molecular flexibility index (Phi) is 5.81. The normalized spacial score (nSPS) is 25.8. The van der Waals surface area contributed by atoms with Crippen molar-refractivity contribution in [3.05, 3.63) is 0 Å². The van der Waals surface area contributed by atoms with Gasteiger partial charge in [-0.05, 0) is 24.8 Å². The van der Waals surface area contributed by atoms with E-state index in [9.17, 15) is 4.79 Å². The molecule has 0 aromatic carbocycles. The second kappa shape index (κ2) is 6.89. The molecule has 16 heavy (non-hydrogen) atoms. The Morgan fingerprint density at radius 3 is 2.69 bits per heavy atom. The minimum absolute atomic E-state index is 0.231. The molecule has 0 saturated carbocycles. The van der Waals surface area contributed by atoms with Crippen molar-refractivity contribution in [1.29, 1.82) is 0 Å². The first kappa shape index (κ1) is 13.5. The Balaban J connectivity index is 2.32. The lowest BCUT2D eigenvalue weighted by atomic mass is 9.93. The summed E-state index contributed by atoms with van der Waals surface area (Å²) in [4.78, 5) is 11.8. The number of nitrogens with one attached hydrogen (secondary N) is 2. The third-order valence-electron chi connectivity index (χ3n) is 3.80. The Hall–Kier alpha value is -0.570. The molecule has 0 aliphatic carbocycles. The molecule has 1 saturated heterocycles. The van der Waals surface area contributed by atoms with Crippen molar-refractivity contribution in [3.8, 4) is 0 Å². The van der Waals surface area contributed by atoms with Crippen LogP contribution in [0, 0.1) is 11.8 Å². The maximum Gasteiger partial charge on any atom is 0.220 e. The van der Waals surface area contributed by atoms with Crippen LogP contribution in [0.25, 0.3) is 0 Å². The van der Waals surface area contributed by atoms with E-state index in [1.165, 1.54) is 0 Å². The molecule has 1 aliphatic rings. The SMILES string of the molecule is CCC(CC)CC(=O)NC1CNCCC1C. The molecular weight excluding hydrogens is 200 g/mol. The number of carbonyl (C=O) groups is 1. The van der Waals surface area contributed by atoms with Crippen molar-refractivity contribution in [2.24, 2.45) is 11.8 Å². The summed E-state index contributed by atoms with van der Waals surface area (Å²) in [6.45, 7) is 8.55. The van der Waals surface area contributed by atoms with Gasteiger partial charge in [-0.3, -0.25) is 4.79 Å². The summed E-state index contributed by atoms with van der Waals surface area (Å²) in [6.07, 6.45) is 4.05. The molecule has 2 atom stereocenters. The maximum absolute atomic E-state index is 11.8. The van der Waals surface area contributed by atoms with Gasteiger partial charge in [0.1, 0.15) is 0 Å². The van der Waals surface area contributed by atoms with Gasteiger partial charge in [-0.1, -0.05) is 33.6 Å². The first-order valence-corrected chi connectivity index (χ1v) is 6.67. The molecule has 3 heteroatoms. The lowest BCUT2D eigenvalue weighted by molar-refractivity contribution is -0.123. The van der Waals surface area contributed by atoms with Crippen molar-refractivity contribution >= 4 is 5.91 Å². The summed E-state index contributed by atoms with van der Waals surface area (Å²) in [5.74, 6) is 1.38. The average Bonchev–Trinajstić information content (AvgIpc) is 2.29. The molecule has 1 aliphatic heterocycles. The van der Waals surface area contributed by atoms with E-state index >= 15 is 0 Å². The molecule has 1 fully saturated rings. The highest BCUT2D eigenvalue weighted by molar-refractivity contribution is 5.76. The molecule has 1 amide bonds. The molecule has 2 unspecified atom stereocenters. The second-order valence-electron chi connectivity index (χ2n) is 5.03. The van der Waals surface area contributed by atoms with Crippen LogP contribution in [0.1, 0.15) is 46.5 Å². The monoisotopic (exact) mass is 226 g/mol. The quantitative estimate of drug-likeness (QED) is 0.752. The molecule has 94 valence electrons. The number of amides is 1. The van der Waals surface area contributed by atoms with E-state index < -0.39 is 0 Å². The van der Waals surface area contributed by atoms with E-state index in [4.69, 9.17) is 0 Å². The van der Waals surface area contributed by atoms with Crippen molar-refractivity contribution in [3.63, 3.8) is 0 Å². The largest absolute Gasteiger partial charge is 0.352 e. The molecule has 0 spiro atoms. The zero-order chi connectivity index (χ0) is 12.0. The fourth-order valence-corrected chi connectivity index (χ4v) is 2.29. The summed E-state index contributed by atoms with van der Waals surface area (Å²) in [6, 6.07) is 0.329. The van der Waals surface area contributed by atoms with Gasteiger partial charge in [-0.2, -0.15) is 0 Å². The average molecular weight is 226 g/mol. The van der Waals surface area contributed by atoms with Crippen LogP contribution in [-0.2, 0) is 4.79 Å². The predicted molar refractivity (Wildman–Crippen MR) is 67.3 cm³/mol. The molecule has 1 heterocycles. The van der Waals surface area contributed by atoms with Crippen molar-refractivity contribution in [1.82, 2.24) is 10.6 Å². The maximum atomic E-state index is 11.8. The topological polar surface area (TPSA) is 41.1 Å². The number of carbonyl (C=O) groups excluding carboxylic acids is 1. The zero-order valence-electron chi connectivity index (χ0n) is 10.9. The van der Waals surface area contributed by atoms with Crippen molar-refractivity contribution < 1.29 is 4.79 Å². The number of hydrogen-bond acceptors (Lipinski definition) is 2. The van der Waals surface area contributed by atoms with Crippen molar-refractivity contribution in [2.75, 3.05) is 13.1 Å². The summed E-state index contributed by atoms with van der Waals surface area (Å²) in [7, 11) is 0. The smallest absolute Gasteiger partial charge is 0.220 e. The highest BCUT2D eigenvalue weighted by Crippen LogP contribution is 2.14. The summed E-state index contributed by atoms with van der Waals surface area (Å²) >= 11 is 0. The summed E-state index contributed by atoms with van der Waals surface area (Å²) < 4.78 is 0. The molecule has 0 radical (unpaired) electrons. The summed E-state index contributed by atoms with van der Waals surface area (Å²) in [5.41, 5.74) is 0. The fourth-order valence-electron chi connectivity index (χ4n) is 2.29. The van der Waals surface area contributed by atoms with Gasteiger partial charge in [0, 0.05) is 19.0 Å². The van der Waals surface area contributed by atoms with Gasteiger partial charge in [-0.15, -0.1) is 0 Å². The fraction of sp³-hybridized carbons (Fsp3) is 0.923. The molecule has 0 aromatic heterocycles. The lowest BCUT2D eigenvalue weighted by Crippen LogP contribution is -2.50. The Morgan fingerprint density at radius 1 is 1.44 bits per heavy atom. The van der Waals surface area contributed by atoms with Crippen LogP contribution in [0.3, 0.4) is 0 Å². The van der Waals surface area contributed by atoms with Crippen LogP contribution in [0.15, 0.2) is 0 Å². The second-order valence-corrected chi connectivity index (χ2v) is 5.03. The Bertz CT molecular complexity index is 214. The Labute approximate surface area is 99.4 Å². The number of hydrogen-bond donors (Lipinski definition) is 2. The van der Waals surface area contributed by atoms with E-state index in [1.54, 1.807) is 0 Å². The summed E-state index contributed by atoms with van der Waals surface area (Å²) in [5, 5.41) is 6.50. The molecular formula is C13H26N2O. The highest BCUT2D eigenvalue weighted by Gasteiger charge is 2.23. The molecule has 1 rings (SSSR count). The first-order chi connectivity index (χ1) is 7.67. The standard InChI is InChI=1S/C13H26N2O/c1-4-11(5-2)8-13(16)15-12-9-14-7-6-10(12)3/h10-12,14H,4-9H2,1-3H3,(H,15,16). The van der Waals surface area contributed by atoms with Crippen LogP contribution >= 0.6 is 0 Å². The van der Waals surface area contributed by atoms with Gasteiger partial charge < -0.3 is 10.6 Å². The van der Waals surface area contributed by atoms with Crippen LogP contribution in [0.4, 0.5) is 0 Å². The van der Waals surface area contributed by atoms with Gasteiger partial charge in [0.25, 0.3) is 0 Å². The molecule has 0 aromatic rings. The predicted octanol–water partition coefficient (Wildman–Crippen LogP) is 1.93. The van der Waals surface area contributed by atoms with Gasteiger partial charge in [0.05, 0.1) is 0 Å². The minimum Gasteiger partial charge on any atom is -0.352 e. The molecule has 3 nitrogen and oxygen atoms in total. The van der Waals surface area contributed by atoms with E-state index in [1.807, 2.05) is 0 Å². The van der Waals surface area contributed by atoms with Crippen LogP contribution in [0.5, 0.6) is 0 Å². The Morgan fingerprint density at radius 2 is 2.12 bits per heavy atom. The van der Waals surface area contributed by atoms with E-state index in [-0.39, 0.29) is 5.91 Å². The van der Waals surface area contributed by atoms with Gasteiger partial charge in [0.15, 0.2) is 0 Å². The molecule has 0 bridgehead atoms. The number of piperidine rings is 1. The lowest BCUT2D eigenvalue weighted by Gasteiger charge is -2.30. The number of rotatable bonds is 5. The van der Waals surface area contributed by atoms with Crippen LogP contribution in [-0.4, -0.2) is 25.0 Å². The van der Waals surface area contributed by atoms with E-state index in [0.717, 1.165) is 32.4 Å². The molecule has 2 N–H and O–H groups in total. The van der Waals surface area contributed by atoms with Crippen LogP contribution in [0.2, 0.25) is 0 Å². The van der Waals surface area contributed by atoms with Gasteiger partial charge in [0.2, 0.25) is 5.91 Å². The van der Waals surface area contributed by atoms with Crippen LogP contribution < -0.4 is 10.6 Å². The third-order valence-corrected chi connectivity index (χ3v) is 3.80. The first-order valence-electron chi connectivity index (χ1n) is 6.67.